The summed E-state index contributed by atoms with van der Waals surface area (Å²) >= 11 is 1.69. The van der Waals surface area contributed by atoms with E-state index in [1.54, 1.807) is 11.3 Å². The first-order valence-electron chi connectivity index (χ1n) is 6.92. The van der Waals surface area contributed by atoms with Crippen LogP contribution in [0.5, 0.6) is 0 Å². The SMILES string of the molecule is Cc1csc(CNc2ccc(Cn3ccnc3C)cc2)n1. The van der Waals surface area contributed by atoms with Crippen LogP contribution in [-0.4, -0.2) is 14.5 Å². The number of aromatic nitrogens is 3. The molecule has 5 heteroatoms. The molecule has 1 aromatic carbocycles. The van der Waals surface area contributed by atoms with Gasteiger partial charge < -0.3 is 9.88 Å². The van der Waals surface area contributed by atoms with Crippen molar-refractivity contribution in [3.05, 3.63) is 64.1 Å². The van der Waals surface area contributed by atoms with Gasteiger partial charge in [-0.25, -0.2) is 9.97 Å². The van der Waals surface area contributed by atoms with E-state index in [0.717, 1.165) is 35.3 Å². The fourth-order valence-corrected chi connectivity index (χ4v) is 2.87. The van der Waals surface area contributed by atoms with E-state index in [4.69, 9.17) is 0 Å². The Morgan fingerprint density at radius 1 is 1.19 bits per heavy atom. The molecule has 1 N–H and O–H groups in total. The van der Waals surface area contributed by atoms with Gasteiger partial charge in [-0.15, -0.1) is 11.3 Å². The molecule has 2 heterocycles. The molecule has 3 rings (SSSR count). The number of thiazole rings is 1. The minimum atomic E-state index is 0.776. The summed E-state index contributed by atoms with van der Waals surface area (Å²) in [6.45, 7) is 5.68. The molecular formula is C16H18N4S. The molecule has 0 aliphatic carbocycles. The predicted octanol–water partition coefficient (Wildman–Crippen LogP) is 3.62. The number of aryl methyl sites for hydroxylation is 2. The van der Waals surface area contributed by atoms with Crippen LogP contribution in [0.4, 0.5) is 5.69 Å². The molecule has 0 unspecified atom stereocenters. The van der Waals surface area contributed by atoms with Crippen LogP contribution in [0, 0.1) is 13.8 Å². The Balaban J connectivity index is 1.60. The van der Waals surface area contributed by atoms with E-state index >= 15 is 0 Å². The van der Waals surface area contributed by atoms with Gasteiger partial charge >= 0.3 is 0 Å². The lowest BCUT2D eigenvalue weighted by atomic mass is 10.2. The molecular weight excluding hydrogens is 280 g/mol. The van der Waals surface area contributed by atoms with E-state index in [2.05, 4.69) is 49.5 Å². The van der Waals surface area contributed by atoms with Crippen molar-refractivity contribution in [3.63, 3.8) is 0 Å². The van der Waals surface area contributed by atoms with E-state index in [9.17, 15) is 0 Å². The average molecular weight is 298 g/mol. The Labute approximate surface area is 128 Å². The van der Waals surface area contributed by atoms with Gasteiger partial charge in [0, 0.05) is 35.7 Å². The largest absolute Gasteiger partial charge is 0.379 e. The monoisotopic (exact) mass is 298 g/mol. The number of nitrogens with one attached hydrogen (secondary N) is 1. The maximum atomic E-state index is 4.45. The van der Waals surface area contributed by atoms with Gasteiger partial charge in [0.1, 0.15) is 10.8 Å². The molecule has 0 atom stereocenters. The van der Waals surface area contributed by atoms with Crippen molar-refractivity contribution in [1.82, 2.24) is 14.5 Å². The van der Waals surface area contributed by atoms with Crippen molar-refractivity contribution in [3.8, 4) is 0 Å². The van der Waals surface area contributed by atoms with Gasteiger partial charge in [-0.2, -0.15) is 0 Å². The van der Waals surface area contributed by atoms with Gasteiger partial charge in [0.05, 0.1) is 6.54 Å². The van der Waals surface area contributed by atoms with Gasteiger partial charge in [0.15, 0.2) is 0 Å². The Hall–Kier alpha value is -2.14. The first-order chi connectivity index (χ1) is 10.2. The summed E-state index contributed by atoms with van der Waals surface area (Å²) in [7, 11) is 0. The predicted molar refractivity (Wildman–Crippen MR) is 86.7 cm³/mol. The highest BCUT2D eigenvalue weighted by Crippen LogP contribution is 2.14. The number of hydrogen-bond donors (Lipinski definition) is 1. The molecule has 0 fully saturated rings. The lowest BCUT2D eigenvalue weighted by molar-refractivity contribution is 0.762. The summed E-state index contributed by atoms with van der Waals surface area (Å²) in [5, 5.41) is 6.59. The van der Waals surface area contributed by atoms with Crippen molar-refractivity contribution in [2.75, 3.05) is 5.32 Å². The van der Waals surface area contributed by atoms with Crippen molar-refractivity contribution in [1.29, 1.82) is 0 Å². The van der Waals surface area contributed by atoms with Crippen molar-refractivity contribution in [2.24, 2.45) is 0 Å². The number of imidazole rings is 1. The zero-order valence-electron chi connectivity index (χ0n) is 12.2. The number of benzene rings is 1. The van der Waals surface area contributed by atoms with Crippen LogP contribution in [0.2, 0.25) is 0 Å². The van der Waals surface area contributed by atoms with E-state index in [1.807, 2.05) is 26.2 Å². The first-order valence-corrected chi connectivity index (χ1v) is 7.80. The first kappa shape index (κ1) is 13.8. The number of hydrogen-bond acceptors (Lipinski definition) is 4. The number of anilines is 1. The highest BCUT2D eigenvalue weighted by Gasteiger charge is 2.01. The average Bonchev–Trinajstić information content (AvgIpc) is 3.08. The molecule has 2 aromatic heterocycles. The second-order valence-electron chi connectivity index (χ2n) is 5.04. The third kappa shape index (κ3) is 3.49. The molecule has 0 aliphatic rings. The molecule has 0 aliphatic heterocycles. The molecule has 21 heavy (non-hydrogen) atoms. The third-order valence-electron chi connectivity index (χ3n) is 3.34. The quantitative estimate of drug-likeness (QED) is 0.782. The highest BCUT2D eigenvalue weighted by molar-refractivity contribution is 7.09. The lowest BCUT2D eigenvalue weighted by Gasteiger charge is -2.08. The van der Waals surface area contributed by atoms with Crippen LogP contribution in [0.3, 0.4) is 0 Å². The Bertz CT molecular complexity index is 712. The molecule has 0 saturated carbocycles. The third-order valence-corrected chi connectivity index (χ3v) is 4.31. The zero-order valence-corrected chi connectivity index (χ0v) is 13.0. The van der Waals surface area contributed by atoms with Gasteiger partial charge in [-0.05, 0) is 31.5 Å². The molecule has 0 saturated heterocycles. The maximum absolute atomic E-state index is 4.45. The minimum Gasteiger partial charge on any atom is -0.379 e. The molecule has 0 bridgehead atoms. The number of nitrogens with zero attached hydrogens (tertiary/aromatic N) is 3. The molecule has 3 aromatic rings. The normalized spacial score (nSPS) is 10.8. The summed E-state index contributed by atoms with van der Waals surface area (Å²) in [6, 6.07) is 8.52. The lowest BCUT2D eigenvalue weighted by Crippen LogP contribution is -2.02. The van der Waals surface area contributed by atoms with Crippen molar-refractivity contribution >= 4 is 17.0 Å². The Kier molecular flexibility index (Phi) is 4.01. The van der Waals surface area contributed by atoms with Gasteiger partial charge in [0.25, 0.3) is 0 Å². The zero-order chi connectivity index (χ0) is 14.7. The molecule has 108 valence electrons. The second-order valence-corrected chi connectivity index (χ2v) is 5.98. The summed E-state index contributed by atoms with van der Waals surface area (Å²) < 4.78 is 2.14. The molecule has 0 spiro atoms. The van der Waals surface area contributed by atoms with Crippen LogP contribution in [0.15, 0.2) is 42.0 Å². The Morgan fingerprint density at radius 3 is 2.62 bits per heavy atom. The molecule has 0 amide bonds. The Morgan fingerprint density at radius 2 is 2.00 bits per heavy atom. The summed E-state index contributed by atoms with van der Waals surface area (Å²) in [5.41, 5.74) is 3.48. The van der Waals surface area contributed by atoms with Crippen LogP contribution < -0.4 is 5.32 Å². The van der Waals surface area contributed by atoms with Crippen LogP contribution in [0.1, 0.15) is 22.1 Å². The fraction of sp³-hybridized carbons (Fsp3) is 0.250. The van der Waals surface area contributed by atoms with Crippen molar-refractivity contribution < 1.29 is 0 Å². The van der Waals surface area contributed by atoms with E-state index in [0.29, 0.717) is 0 Å². The topological polar surface area (TPSA) is 42.7 Å². The minimum absolute atomic E-state index is 0.776. The van der Waals surface area contributed by atoms with E-state index in [-0.39, 0.29) is 0 Å². The fourth-order valence-electron chi connectivity index (χ4n) is 2.16. The maximum Gasteiger partial charge on any atom is 0.112 e. The van der Waals surface area contributed by atoms with Gasteiger partial charge in [0.2, 0.25) is 0 Å². The van der Waals surface area contributed by atoms with E-state index in [1.165, 1.54) is 5.56 Å². The smallest absolute Gasteiger partial charge is 0.112 e. The van der Waals surface area contributed by atoms with Crippen LogP contribution >= 0.6 is 11.3 Å². The van der Waals surface area contributed by atoms with Crippen LogP contribution in [-0.2, 0) is 13.1 Å². The summed E-state index contributed by atoms with van der Waals surface area (Å²) in [6.07, 6.45) is 3.84. The van der Waals surface area contributed by atoms with E-state index < -0.39 is 0 Å². The highest BCUT2D eigenvalue weighted by atomic mass is 32.1. The molecule has 4 nitrogen and oxygen atoms in total. The summed E-state index contributed by atoms with van der Waals surface area (Å²) in [4.78, 5) is 8.69. The van der Waals surface area contributed by atoms with Crippen molar-refractivity contribution in [2.45, 2.75) is 26.9 Å². The second kappa shape index (κ2) is 6.10. The number of rotatable bonds is 5. The standard InChI is InChI=1S/C16H18N4S/c1-12-11-21-16(19-12)9-18-15-5-3-14(4-6-15)10-20-8-7-17-13(20)2/h3-8,11,18H,9-10H2,1-2H3. The summed E-state index contributed by atoms with van der Waals surface area (Å²) in [5.74, 6) is 1.04. The van der Waals surface area contributed by atoms with Gasteiger partial charge in [-0.1, -0.05) is 12.1 Å². The van der Waals surface area contributed by atoms with Gasteiger partial charge in [-0.3, -0.25) is 0 Å². The van der Waals surface area contributed by atoms with Crippen LogP contribution in [0.25, 0.3) is 0 Å². The molecule has 0 radical (unpaired) electrons.